The van der Waals surface area contributed by atoms with Crippen molar-refractivity contribution in [3.8, 4) is 0 Å². The van der Waals surface area contributed by atoms with Crippen LogP contribution in [0, 0.1) is 0 Å². The number of sulfonamides is 1. The Balaban J connectivity index is 2.24. The predicted octanol–water partition coefficient (Wildman–Crippen LogP) is 0.298. The van der Waals surface area contributed by atoms with Crippen LogP contribution in [0.1, 0.15) is 12.5 Å². The number of nitrogens with two attached hydrogens (primary N) is 1. The Labute approximate surface area is 152 Å². The van der Waals surface area contributed by atoms with Gasteiger partial charge in [-0.1, -0.05) is 11.6 Å². The van der Waals surface area contributed by atoms with Gasteiger partial charge in [-0.05, 0) is 30.7 Å². The second-order valence-electron chi connectivity index (χ2n) is 5.71. The summed E-state index contributed by atoms with van der Waals surface area (Å²) < 4.78 is 37.3. The van der Waals surface area contributed by atoms with Crippen LogP contribution in [0.2, 0.25) is 5.02 Å². The molecular formula is C15H22ClN3O5S. The number of hydrogen-bond acceptors (Lipinski definition) is 6. The quantitative estimate of drug-likeness (QED) is 0.646. The van der Waals surface area contributed by atoms with Crippen LogP contribution in [-0.2, 0) is 30.9 Å². The molecule has 0 radical (unpaired) electrons. The average molecular weight is 392 g/mol. The highest BCUT2D eigenvalue weighted by Crippen LogP contribution is 2.25. The lowest BCUT2D eigenvalue weighted by Crippen LogP contribution is -2.46. The fourth-order valence-electron chi connectivity index (χ4n) is 2.30. The summed E-state index contributed by atoms with van der Waals surface area (Å²) in [6, 6.07) is 4.38. The first kappa shape index (κ1) is 20.1. The van der Waals surface area contributed by atoms with Crippen LogP contribution >= 0.6 is 11.6 Å². The van der Waals surface area contributed by atoms with E-state index < -0.39 is 21.7 Å². The number of carbonyl (C=O) groups is 1. The third kappa shape index (κ3) is 4.49. The lowest BCUT2D eigenvalue weighted by atomic mass is 10.2. The molecule has 0 spiro atoms. The van der Waals surface area contributed by atoms with Gasteiger partial charge >= 0.3 is 0 Å². The summed E-state index contributed by atoms with van der Waals surface area (Å²) in [6.45, 7) is 3.27. The molecule has 0 aromatic heterocycles. The van der Waals surface area contributed by atoms with Crippen molar-refractivity contribution in [1.82, 2.24) is 9.62 Å². The van der Waals surface area contributed by atoms with Crippen molar-refractivity contribution in [2.75, 3.05) is 33.3 Å². The Morgan fingerprint density at radius 3 is 2.60 bits per heavy atom. The fourth-order valence-corrected chi connectivity index (χ4v) is 3.97. The molecule has 0 saturated carbocycles. The molecule has 1 aliphatic rings. The topological polar surface area (TPSA) is 111 Å². The Hall–Kier alpha value is -1.23. The number of primary amides is 1. The summed E-state index contributed by atoms with van der Waals surface area (Å²) in [5, 5.41) is 3.43. The lowest BCUT2D eigenvalue weighted by Gasteiger charge is -2.27. The van der Waals surface area contributed by atoms with Crippen LogP contribution in [0.25, 0.3) is 0 Å². The SMILES string of the molecule is COC(C)(OCc1cc(S(=O)(=O)N2CCNCC2)ccc1Cl)C(N)=O. The van der Waals surface area contributed by atoms with Crippen molar-refractivity contribution in [3.05, 3.63) is 28.8 Å². The Morgan fingerprint density at radius 1 is 1.40 bits per heavy atom. The van der Waals surface area contributed by atoms with Crippen molar-refractivity contribution in [1.29, 1.82) is 0 Å². The molecule has 0 bridgehead atoms. The van der Waals surface area contributed by atoms with Gasteiger partial charge in [0.2, 0.25) is 15.8 Å². The zero-order chi connectivity index (χ0) is 18.7. The maximum atomic E-state index is 12.7. The molecule has 2 rings (SSSR count). The Bertz CT molecular complexity index is 737. The smallest absolute Gasteiger partial charge is 0.277 e. The number of carbonyl (C=O) groups excluding carboxylic acids is 1. The molecule has 8 nitrogen and oxygen atoms in total. The van der Waals surface area contributed by atoms with E-state index in [0.29, 0.717) is 36.8 Å². The summed E-state index contributed by atoms with van der Waals surface area (Å²) in [4.78, 5) is 11.5. The maximum Gasteiger partial charge on any atom is 0.277 e. The normalized spacial score (nSPS) is 18.7. The van der Waals surface area contributed by atoms with Gasteiger partial charge in [-0.2, -0.15) is 4.31 Å². The van der Waals surface area contributed by atoms with E-state index in [4.69, 9.17) is 26.8 Å². The first-order chi connectivity index (χ1) is 11.7. The first-order valence-electron chi connectivity index (χ1n) is 7.69. The van der Waals surface area contributed by atoms with Crippen LogP contribution in [0.4, 0.5) is 0 Å². The summed E-state index contributed by atoms with van der Waals surface area (Å²) in [5.74, 6) is -2.42. The van der Waals surface area contributed by atoms with E-state index in [2.05, 4.69) is 5.32 Å². The van der Waals surface area contributed by atoms with Gasteiger partial charge in [-0.25, -0.2) is 8.42 Å². The van der Waals surface area contributed by atoms with E-state index in [1.54, 1.807) is 0 Å². The highest BCUT2D eigenvalue weighted by Gasteiger charge is 2.32. The van der Waals surface area contributed by atoms with E-state index in [1.807, 2.05) is 0 Å². The number of hydrogen-bond donors (Lipinski definition) is 2. The number of benzene rings is 1. The van der Waals surface area contributed by atoms with Gasteiger partial charge in [-0.3, -0.25) is 4.79 Å². The van der Waals surface area contributed by atoms with Crippen molar-refractivity contribution in [3.63, 3.8) is 0 Å². The molecule has 0 aliphatic carbocycles. The zero-order valence-electron chi connectivity index (χ0n) is 14.1. The summed E-state index contributed by atoms with van der Waals surface area (Å²) in [5.41, 5.74) is 5.67. The van der Waals surface area contributed by atoms with Crippen LogP contribution in [-0.4, -0.2) is 57.7 Å². The number of nitrogens with zero attached hydrogens (tertiary/aromatic N) is 1. The molecule has 1 saturated heterocycles. The molecule has 1 unspecified atom stereocenters. The van der Waals surface area contributed by atoms with Gasteiger partial charge in [0, 0.05) is 38.3 Å². The molecule has 1 aromatic rings. The van der Waals surface area contributed by atoms with Gasteiger partial charge in [0.15, 0.2) is 0 Å². The number of nitrogens with one attached hydrogen (secondary N) is 1. The number of piperazine rings is 1. The lowest BCUT2D eigenvalue weighted by molar-refractivity contribution is -0.213. The standard InChI is InChI=1S/C15H22ClN3O5S/c1-15(23-2,14(17)20)24-10-11-9-12(3-4-13(11)16)25(21,22)19-7-5-18-6-8-19/h3-4,9,18H,5-8,10H2,1-2H3,(H2,17,20). The van der Waals surface area contributed by atoms with Crippen molar-refractivity contribution in [2.45, 2.75) is 24.2 Å². The van der Waals surface area contributed by atoms with Gasteiger partial charge < -0.3 is 20.5 Å². The van der Waals surface area contributed by atoms with E-state index in [1.165, 1.54) is 36.5 Å². The summed E-state index contributed by atoms with van der Waals surface area (Å²) in [6.07, 6.45) is 0. The fraction of sp³-hybridized carbons (Fsp3) is 0.533. The van der Waals surface area contributed by atoms with Crippen molar-refractivity contribution in [2.24, 2.45) is 5.73 Å². The van der Waals surface area contributed by atoms with E-state index >= 15 is 0 Å². The van der Waals surface area contributed by atoms with E-state index in [9.17, 15) is 13.2 Å². The van der Waals surface area contributed by atoms with Gasteiger partial charge in [0.05, 0.1) is 11.5 Å². The van der Waals surface area contributed by atoms with Gasteiger partial charge in [-0.15, -0.1) is 0 Å². The van der Waals surface area contributed by atoms with Gasteiger partial charge in [0.1, 0.15) is 0 Å². The number of halogens is 1. The Kier molecular flexibility index (Phi) is 6.41. The molecule has 1 amide bonds. The highest BCUT2D eigenvalue weighted by molar-refractivity contribution is 7.89. The second kappa shape index (κ2) is 7.98. The third-order valence-corrected chi connectivity index (χ3v) is 6.33. The molecule has 25 heavy (non-hydrogen) atoms. The Morgan fingerprint density at radius 2 is 2.04 bits per heavy atom. The molecule has 3 N–H and O–H groups in total. The van der Waals surface area contributed by atoms with E-state index in [-0.39, 0.29) is 11.5 Å². The zero-order valence-corrected chi connectivity index (χ0v) is 15.7. The predicted molar refractivity (Wildman–Crippen MR) is 92.5 cm³/mol. The largest absolute Gasteiger partial charge is 0.365 e. The summed E-state index contributed by atoms with van der Waals surface area (Å²) in [7, 11) is -2.33. The summed E-state index contributed by atoms with van der Waals surface area (Å²) >= 11 is 6.13. The minimum absolute atomic E-state index is 0.121. The molecule has 140 valence electrons. The van der Waals surface area contributed by atoms with Gasteiger partial charge in [0.25, 0.3) is 5.91 Å². The molecular weight excluding hydrogens is 370 g/mol. The highest BCUT2D eigenvalue weighted by atomic mass is 35.5. The minimum atomic E-state index is -3.62. The molecule has 1 aromatic carbocycles. The number of amides is 1. The maximum absolute atomic E-state index is 12.7. The molecule has 10 heteroatoms. The van der Waals surface area contributed by atoms with Crippen molar-refractivity contribution >= 4 is 27.5 Å². The molecule has 1 heterocycles. The van der Waals surface area contributed by atoms with Crippen LogP contribution in [0.3, 0.4) is 0 Å². The number of methoxy groups -OCH3 is 1. The van der Waals surface area contributed by atoms with Crippen LogP contribution in [0.15, 0.2) is 23.1 Å². The van der Waals surface area contributed by atoms with Crippen LogP contribution < -0.4 is 11.1 Å². The van der Waals surface area contributed by atoms with Crippen molar-refractivity contribution < 1.29 is 22.7 Å². The minimum Gasteiger partial charge on any atom is -0.365 e. The average Bonchev–Trinajstić information content (AvgIpc) is 2.61. The first-order valence-corrected chi connectivity index (χ1v) is 9.51. The molecule has 1 atom stereocenters. The molecule has 1 fully saturated rings. The number of rotatable bonds is 7. The van der Waals surface area contributed by atoms with E-state index in [0.717, 1.165) is 0 Å². The monoisotopic (exact) mass is 391 g/mol. The second-order valence-corrected chi connectivity index (χ2v) is 8.06. The van der Waals surface area contributed by atoms with Crippen LogP contribution in [0.5, 0.6) is 0 Å². The molecule has 1 aliphatic heterocycles. The third-order valence-electron chi connectivity index (χ3n) is 4.07. The number of ether oxygens (including phenoxy) is 2.